The third-order valence-electron chi connectivity index (χ3n) is 4.48. The molecule has 0 radical (unpaired) electrons. The van der Waals surface area contributed by atoms with E-state index >= 15 is 0 Å². The Labute approximate surface area is 94.5 Å². The molecule has 2 rings (SSSR count). The highest BCUT2D eigenvalue weighted by Gasteiger charge is 2.38. The molecular weight excluding hydrogens is 180 g/mol. The first-order chi connectivity index (χ1) is 7.00. The molecule has 2 aliphatic carbocycles. The summed E-state index contributed by atoms with van der Waals surface area (Å²) < 4.78 is 0. The van der Waals surface area contributed by atoms with E-state index in [0.717, 1.165) is 17.8 Å². The van der Waals surface area contributed by atoms with Gasteiger partial charge >= 0.3 is 0 Å². The van der Waals surface area contributed by atoms with Gasteiger partial charge in [0.2, 0.25) is 0 Å². The smallest absolute Gasteiger partial charge is 0.0111 e. The van der Waals surface area contributed by atoms with Crippen molar-refractivity contribution in [1.82, 2.24) is 0 Å². The molecule has 1 saturated carbocycles. The number of fused-ring (bicyclic) bond motifs is 1. The zero-order chi connectivity index (χ0) is 11.1. The summed E-state index contributed by atoms with van der Waals surface area (Å²) in [7, 11) is 0. The zero-order valence-electron chi connectivity index (χ0n) is 10.6. The highest BCUT2D eigenvalue weighted by molar-refractivity contribution is 5.25. The Kier molecular flexibility index (Phi) is 2.79. The van der Waals surface area contributed by atoms with Crippen LogP contribution in [0.5, 0.6) is 0 Å². The van der Waals surface area contributed by atoms with Crippen molar-refractivity contribution in [3.8, 4) is 0 Å². The first-order valence-corrected chi connectivity index (χ1v) is 6.37. The Hall–Kier alpha value is -0.520. The van der Waals surface area contributed by atoms with Gasteiger partial charge < -0.3 is 0 Å². The largest absolute Gasteiger partial charge is 0.0803 e. The van der Waals surface area contributed by atoms with E-state index in [9.17, 15) is 0 Å². The molecule has 0 N–H and O–H groups in total. The molecule has 1 fully saturated rings. The summed E-state index contributed by atoms with van der Waals surface area (Å²) in [4.78, 5) is 0. The lowest BCUT2D eigenvalue weighted by Crippen LogP contribution is -2.30. The summed E-state index contributed by atoms with van der Waals surface area (Å²) in [6, 6.07) is 0. The van der Waals surface area contributed by atoms with Crippen LogP contribution in [0.4, 0.5) is 0 Å². The van der Waals surface area contributed by atoms with Gasteiger partial charge in [0, 0.05) is 0 Å². The van der Waals surface area contributed by atoms with E-state index in [2.05, 4.69) is 45.9 Å². The standard InChI is InChI=1S/C15H24/c1-11-7-8-13-12(2)6-5-9-15(3,4)14(13)10-11/h7-8,10,12-14H,5-6,9H2,1-4H3. The molecule has 0 aromatic heterocycles. The van der Waals surface area contributed by atoms with E-state index in [1.165, 1.54) is 24.8 Å². The summed E-state index contributed by atoms with van der Waals surface area (Å²) in [6.07, 6.45) is 11.5. The van der Waals surface area contributed by atoms with Crippen LogP contribution in [0.1, 0.15) is 47.0 Å². The van der Waals surface area contributed by atoms with Crippen molar-refractivity contribution in [2.45, 2.75) is 47.0 Å². The minimum atomic E-state index is 0.488. The van der Waals surface area contributed by atoms with Crippen LogP contribution in [0, 0.1) is 23.2 Å². The molecule has 0 heteroatoms. The van der Waals surface area contributed by atoms with Crippen molar-refractivity contribution >= 4 is 0 Å². The predicted molar refractivity (Wildman–Crippen MR) is 66.7 cm³/mol. The maximum atomic E-state index is 2.52. The number of rotatable bonds is 0. The molecule has 15 heavy (non-hydrogen) atoms. The van der Waals surface area contributed by atoms with Gasteiger partial charge in [0.25, 0.3) is 0 Å². The number of hydrogen-bond acceptors (Lipinski definition) is 0. The van der Waals surface area contributed by atoms with Crippen molar-refractivity contribution in [2.24, 2.45) is 23.2 Å². The fraction of sp³-hybridized carbons (Fsp3) is 0.733. The van der Waals surface area contributed by atoms with Crippen LogP contribution in [-0.4, -0.2) is 0 Å². The summed E-state index contributed by atoms with van der Waals surface area (Å²) in [6.45, 7) is 9.56. The molecule has 0 amide bonds. The molecule has 84 valence electrons. The topological polar surface area (TPSA) is 0 Å². The third-order valence-corrected chi connectivity index (χ3v) is 4.48. The Morgan fingerprint density at radius 2 is 2.07 bits per heavy atom. The van der Waals surface area contributed by atoms with Gasteiger partial charge in [-0.2, -0.15) is 0 Å². The molecule has 0 heterocycles. The Balaban J connectivity index is 2.33. The second-order valence-corrected chi connectivity index (χ2v) is 6.23. The lowest BCUT2D eigenvalue weighted by Gasteiger charge is -2.38. The van der Waals surface area contributed by atoms with Gasteiger partial charge in [-0.05, 0) is 36.5 Å². The lowest BCUT2D eigenvalue weighted by atomic mass is 9.66. The van der Waals surface area contributed by atoms with Crippen molar-refractivity contribution in [3.63, 3.8) is 0 Å². The predicted octanol–water partition coefficient (Wildman–Crippen LogP) is 4.58. The van der Waals surface area contributed by atoms with Gasteiger partial charge in [-0.3, -0.25) is 0 Å². The highest BCUT2D eigenvalue weighted by atomic mass is 14.4. The lowest BCUT2D eigenvalue weighted by molar-refractivity contribution is 0.188. The second kappa shape index (κ2) is 3.81. The molecule has 3 atom stereocenters. The normalized spacial score (nSPS) is 39.2. The van der Waals surface area contributed by atoms with Crippen molar-refractivity contribution in [3.05, 3.63) is 23.8 Å². The van der Waals surface area contributed by atoms with Crippen molar-refractivity contribution < 1.29 is 0 Å². The van der Waals surface area contributed by atoms with Crippen LogP contribution in [-0.2, 0) is 0 Å². The van der Waals surface area contributed by atoms with Crippen LogP contribution in [0.2, 0.25) is 0 Å². The molecule has 0 saturated heterocycles. The first kappa shape index (κ1) is 11.0. The first-order valence-electron chi connectivity index (χ1n) is 6.37. The minimum absolute atomic E-state index is 0.488. The minimum Gasteiger partial charge on any atom is -0.0803 e. The van der Waals surface area contributed by atoms with Gasteiger partial charge in [-0.15, -0.1) is 0 Å². The molecule has 0 aromatic carbocycles. The van der Waals surface area contributed by atoms with E-state index in [-0.39, 0.29) is 0 Å². The van der Waals surface area contributed by atoms with E-state index in [1.807, 2.05) is 0 Å². The van der Waals surface area contributed by atoms with Crippen LogP contribution in [0.15, 0.2) is 23.8 Å². The molecule has 3 unspecified atom stereocenters. The van der Waals surface area contributed by atoms with Gasteiger partial charge in [0.15, 0.2) is 0 Å². The Bertz CT molecular complexity index is 293. The van der Waals surface area contributed by atoms with Gasteiger partial charge in [-0.25, -0.2) is 0 Å². The van der Waals surface area contributed by atoms with E-state index in [1.54, 1.807) is 0 Å². The summed E-state index contributed by atoms with van der Waals surface area (Å²) in [5.41, 5.74) is 1.94. The molecule has 0 spiro atoms. The fourth-order valence-electron chi connectivity index (χ4n) is 3.36. The van der Waals surface area contributed by atoms with Gasteiger partial charge in [0.05, 0.1) is 0 Å². The zero-order valence-corrected chi connectivity index (χ0v) is 10.6. The summed E-state index contributed by atoms with van der Waals surface area (Å²) in [5.74, 6) is 2.41. The molecular formula is C15H24. The fourth-order valence-corrected chi connectivity index (χ4v) is 3.36. The average molecular weight is 204 g/mol. The van der Waals surface area contributed by atoms with E-state index in [0.29, 0.717) is 5.41 Å². The molecule has 0 aromatic rings. The monoisotopic (exact) mass is 204 g/mol. The number of allylic oxidation sites excluding steroid dienone is 4. The van der Waals surface area contributed by atoms with Crippen LogP contribution < -0.4 is 0 Å². The summed E-state index contributed by atoms with van der Waals surface area (Å²) in [5, 5.41) is 0. The summed E-state index contributed by atoms with van der Waals surface area (Å²) >= 11 is 0. The van der Waals surface area contributed by atoms with Gasteiger partial charge in [-0.1, -0.05) is 57.4 Å². The second-order valence-electron chi connectivity index (χ2n) is 6.23. The maximum absolute atomic E-state index is 2.52. The van der Waals surface area contributed by atoms with Crippen LogP contribution in [0.25, 0.3) is 0 Å². The average Bonchev–Trinajstić information content (AvgIpc) is 2.26. The third kappa shape index (κ3) is 2.04. The quantitative estimate of drug-likeness (QED) is 0.542. The molecule has 0 bridgehead atoms. The maximum Gasteiger partial charge on any atom is -0.0111 e. The highest BCUT2D eigenvalue weighted by Crippen LogP contribution is 2.47. The Morgan fingerprint density at radius 1 is 1.33 bits per heavy atom. The van der Waals surface area contributed by atoms with Gasteiger partial charge in [0.1, 0.15) is 0 Å². The van der Waals surface area contributed by atoms with E-state index < -0.39 is 0 Å². The Morgan fingerprint density at radius 3 is 2.80 bits per heavy atom. The van der Waals surface area contributed by atoms with Crippen molar-refractivity contribution in [2.75, 3.05) is 0 Å². The van der Waals surface area contributed by atoms with E-state index in [4.69, 9.17) is 0 Å². The molecule has 0 nitrogen and oxygen atoms in total. The SMILES string of the molecule is CC1=CC2C(C=C1)C(C)CCCC2(C)C. The van der Waals surface area contributed by atoms with Crippen LogP contribution >= 0.6 is 0 Å². The molecule has 2 aliphatic rings. The van der Waals surface area contributed by atoms with Crippen LogP contribution in [0.3, 0.4) is 0 Å². The van der Waals surface area contributed by atoms with Crippen molar-refractivity contribution in [1.29, 1.82) is 0 Å². The molecule has 0 aliphatic heterocycles. The number of hydrogen-bond donors (Lipinski definition) is 0.